The number of benzene rings is 1. The number of nitrogens with zero attached hydrogens (tertiary/aromatic N) is 3. The summed E-state index contributed by atoms with van der Waals surface area (Å²) >= 11 is 0. The molecule has 1 fully saturated rings. The third kappa shape index (κ3) is 5.78. The van der Waals surface area contributed by atoms with Crippen LogP contribution in [-0.2, 0) is 0 Å². The van der Waals surface area contributed by atoms with Crippen LogP contribution in [-0.4, -0.2) is 67.6 Å². The molecule has 2 heterocycles. The SMILES string of the molecule is COc1ccc(Nc2cc(NC[C@H]3CCCN(C(=O)N(C)C)C3)c(C(N)=O)cn2)cc1. The quantitative estimate of drug-likeness (QED) is 0.627. The van der Waals surface area contributed by atoms with Gasteiger partial charge in [0.2, 0.25) is 0 Å². The third-order valence-corrected chi connectivity index (χ3v) is 5.29. The molecule has 9 heteroatoms. The van der Waals surface area contributed by atoms with E-state index in [1.54, 1.807) is 32.2 Å². The molecule has 4 N–H and O–H groups in total. The molecule has 2 aromatic rings. The number of methoxy groups -OCH3 is 1. The van der Waals surface area contributed by atoms with E-state index in [1.807, 2.05) is 29.2 Å². The van der Waals surface area contributed by atoms with Gasteiger partial charge >= 0.3 is 6.03 Å². The highest BCUT2D eigenvalue weighted by molar-refractivity contribution is 5.98. The Morgan fingerprint density at radius 2 is 2.03 bits per heavy atom. The maximum atomic E-state index is 12.3. The van der Waals surface area contributed by atoms with E-state index < -0.39 is 5.91 Å². The number of primary amides is 1. The Morgan fingerprint density at radius 1 is 1.29 bits per heavy atom. The van der Waals surface area contributed by atoms with Gasteiger partial charge in [-0.25, -0.2) is 9.78 Å². The Labute approximate surface area is 182 Å². The molecule has 3 amide bonds. The number of likely N-dealkylation sites (tertiary alicyclic amines) is 1. The Kier molecular flexibility index (Phi) is 7.17. The fourth-order valence-corrected chi connectivity index (χ4v) is 3.63. The summed E-state index contributed by atoms with van der Waals surface area (Å²) < 4.78 is 5.17. The molecule has 1 aromatic heterocycles. The summed E-state index contributed by atoms with van der Waals surface area (Å²) in [6.07, 6.45) is 3.44. The van der Waals surface area contributed by atoms with Crippen LogP contribution < -0.4 is 21.1 Å². The molecule has 166 valence electrons. The molecule has 1 atom stereocenters. The van der Waals surface area contributed by atoms with Gasteiger partial charge in [0.25, 0.3) is 5.91 Å². The number of carbonyl (C=O) groups excluding carboxylic acids is 2. The zero-order chi connectivity index (χ0) is 22.4. The van der Waals surface area contributed by atoms with Crippen LogP contribution in [0.4, 0.5) is 22.0 Å². The lowest BCUT2D eigenvalue weighted by molar-refractivity contribution is 0.100. The number of nitrogens with two attached hydrogens (primary N) is 1. The molecule has 1 aliphatic rings. The lowest BCUT2D eigenvalue weighted by atomic mass is 9.98. The summed E-state index contributed by atoms with van der Waals surface area (Å²) in [5, 5.41) is 6.56. The molecule has 31 heavy (non-hydrogen) atoms. The van der Waals surface area contributed by atoms with Crippen molar-refractivity contribution in [1.29, 1.82) is 0 Å². The molecule has 0 bridgehead atoms. The second-order valence-electron chi connectivity index (χ2n) is 7.85. The zero-order valence-electron chi connectivity index (χ0n) is 18.2. The fourth-order valence-electron chi connectivity index (χ4n) is 3.63. The van der Waals surface area contributed by atoms with E-state index in [1.165, 1.54) is 6.20 Å². The van der Waals surface area contributed by atoms with Crippen molar-refractivity contribution in [3.63, 3.8) is 0 Å². The molecule has 3 rings (SSSR count). The summed E-state index contributed by atoms with van der Waals surface area (Å²) in [5.74, 6) is 1.09. The van der Waals surface area contributed by atoms with Gasteiger partial charge in [0.05, 0.1) is 18.4 Å². The number of nitrogens with one attached hydrogen (secondary N) is 2. The molecular formula is C22H30N6O3. The van der Waals surface area contributed by atoms with E-state index in [2.05, 4.69) is 15.6 Å². The van der Waals surface area contributed by atoms with E-state index in [0.29, 0.717) is 30.2 Å². The van der Waals surface area contributed by atoms with E-state index in [-0.39, 0.29) is 11.9 Å². The molecule has 1 saturated heterocycles. The normalized spacial score (nSPS) is 15.8. The highest BCUT2D eigenvalue weighted by atomic mass is 16.5. The molecule has 0 saturated carbocycles. The van der Waals surface area contributed by atoms with Crippen LogP contribution in [0.5, 0.6) is 5.75 Å². The zero-order valence-corrected chi connectivity index (χ0v) is 18.2. The van der Waals surface area contributed by atoms with Crippen molar-refractivity contribution in [2.45, 2.75) is 12.8 Å². The van der Waals surface area contributed by atoms with E-state index >= 15 is 0 Å². The van der Waals surface area contributed by atoms with Crippen molar-refractivity contribution >= 4 is 29.1 Å². The minimum absolute atomic E-state index is 0.0254. The maximum absolute atomic E-state index is 12.3. The van der Waals surface area contributed by atoms with Gasteiger partial charge in [0.15, 0.2) is 0 Å². The molecule has 0 spiro atoms. The Morgan fingerprint density at radius 3 is 2.68 bits per heavy atom. The second-order valence-corrected chi connectivity index (χ2v) is 7.85. The van der Waals surface area contributed by atoms with Gasteiger partial charge in [0.1, 0.15) is 11.6 Å². The molecular weight excluding hydrogens is 396 g/mol. The first kappa shape index (κ1) is 22.2. The highest BCUT2D eigenvalue weighted by Crippen LogP contribution is 2.24. The van der Waals surface area contributed by atoms with Gasteiger partial charge in [-0.3, -0.25) is 4.79 Å². The average molecular weight is 427 g/mol. The van der Waals surface area contributed by atoms with E-state index in [4.69, 9.17) is 10.5 Å². The van der Waals surface area contributed by atoms with Gasteiger partial charge in [-0.05, 0) is 43.0 Å². The third-order valence-electron chi connectivity index (χ3n) is 5.29. The summed E-state index contributed by atoms with van der Waals surface area (Å²) in [7, 11) is 5.14. The number of carbonyl (C=O) groups is 2. The smallest absolute Gasteiger partial charge is 0.319 e. The number of amides is 3. The second kappa shape index (κ2) is 10.0. The molecule has 0 aliphatic carbocycles. The van der Waals surface area contributed by atoms with E-state index in [9.17, 15) is 9.59 Å². The van der Waals surface area contributed by atoms with Crippen molar-refractivity contribution in [3.8, 4) is 5.75 Å². The number of urea groups is 1. The van der Waals surface area contributed by atoms with Crippen LogP contribution in [0, 0.1) is 5.92 Å². The van der Waals surface area contributed by atoms with Gasteiger partial charge in [0, 0.05) is 51.7 Å². The molecule has 0 unspecified atom stereocenters. The number of pyridine rings is 1. The van der Waals surface area contributed by atoms with Crippen molar-refractivity contribution < 1.29 is 14.3 Å². The van der Waals surface area contributed by atoms with Crippen LogP contribution in [0.2, 0.25) is 0 Å². The number of aromatic nitrogens is 1. The first-order valence-corrected chi connectivity index (χ1v) is 10.3. The number of rotatable bonds is 7. The largest absolute Gasteiger partial charge is 0.497 e. The molecule has 1 aromatic carbocycles. The van der Waals surface area contributed by atoms with Crippen LogP contribution in [0.25, 0.3) is 0 Å². The number of piperidine rings is 1. The minimum Gasteiger partial charge on any atom is -0.497 e. The summed E-state index contributed by atoms with van der Waals surface area (Å²) in [6, 6.07) is 9.27. The maximum Gasteiger partial charge on any atom is 0.319 e. The van der Waals surface area contributed by atoms with Crippen molar-refractivity contribution in [3.05, 3.63) is 42.1 Å². The van der Waals surface area contributed by atoms with Crippen molar-refractivity contribution in [2.75, 3.05) is 51.5 Å². The van der Waals surface area contributed by atoms with Crippen LogP contribution in [0.1, 0.15) is 23.2 Å². The molecule has 9 nitrogen and oxygen atoms in total. The van der Waals surface area contributed by atoms with E-state index in [0.717, 1.165) is 30.8 Å². The number of hydrogen-bond acceptors (Lipinski definition) is 6. The summed E-state index contributed by atoms with van der Waals surface area (Å²) in [5.41, 5.74) is 7.34. The minimum atomic E-state index is -0.543. The average Bonchev–Trinajstić information content (AvgIpc) is 2.77. The van der Waals surface area contributed by atoms with Crippen LogP contribution in [0.15, 0.2) is 36.5 Å². The Hall–Kier alpha value is -3.49. The summed E-state index contributed by atoms with van der Waals surface area (Å²) in [4.78, 5) is 31.9. The predicted molar refractivity (Wildman–Crippen MR) is 121 cm³/mol. The lowest BCUT2D eigenvalue weighted by Crippen LogP contribution is -2.46. The van der Waals surface area contributed by atoms with Gasteiger partial charge in [-0.1, -0.05) is 0 Å². The first-order chi connectivity index (χ1) is 14.9. The topological polar surface area (TPSA) is 113 Å². The Bertz CT molecular complexity index is 916. The lowest BCUT2D eigenvalue weighted by Gasteiger charge is -2.34. The highest BCUT2D eigenvalue weighted by Gasteiger charge is 2.25. The molecule has 1 aliphatic heterocycles. The fraction of sp³-hybridized carbons (Fsp3) is 0.409. The molecule has 0 radical (unpaired) electrons. The predicted octanol–water partition coefficient (Wildman–Crippen LogP) is 2.74. The van der Waals surface area contributed by atoms with Gasteiger partial charge in [-0.2, -0.15) is 0 Å². The summed E-state index contributed by atoms with van der Waals surface area (Å²) in [6.45, 7) is 2.08. The standard InChI is InChI=1S/C22H30N6O3/c1-27(2)22(30)28-10-4-5-15(14-28)12-24-19-11-20(25-13-18(19)21(23)29)26-16-6-8-17(31-3)9-7-16/h6-9,11,13,15H,4-5,10,12,14H2,1-3H3,(H2,23,29)(H2,24,25,26)/t15-/m1/s1. The number of ether oxygens (including phenoxy) is 1. The van der Waals surface area contributed by atoms with Crippen LogP contribution in [0.3, 0.4) is 0 Å². The first-order valence-electron chi connectivity index (χ1n) is 10.3. The monoisotopic (exact) mass is 426 g/mol. The number of anilines is 3. The Balaban J connectivity index is 1.69. The van der Waals surface area contributed by atoms with Crippen molar-refractivity contribution in [2.24, 2.45) is 11.7 Å². The van der Waals surface area contributed by atoms with Crippen molar-refractivity contribution in [1.82, 2.24) is 14.8 Å². The van der Waals surface area contributed by atoms with Gasteiger partial charge < -0.3 is 30.9 Å². The van der Waals surface area contributed by atoms with Crippen LogP contribution >= 0.6 is 0 Å². The van der Waals surface area contributed by atoms with Gasteiger partial charge in [-0.15, -0.1) is 0 Å². The number of hydrogen-bond donors (Lipinski definition) is 3.